The lowest BCUT2D eigenvalue weighted by Gasteiger charge is -2.16. The van der Waals surface area contributed by atoms with Crippen molar-refractivity contribution in [2.24, 2.45) is 0 Å². The Balaban J connectivity index is 1.50. The zero-order valence-electron chi connectivity index (χ0n) is 14.9. The molecular weight excluding hydrogens is 373 g/mol. The fourth-order valence-electron chi connectivity index (χ4n) is 2.93. The highest BCUT2D eigenvalue weighted by atomic mass is 32.1. The molecule has 3 heterocycles. The number of anilines is 1. The van der Waals surface area contributed by atoms with Gasteiger partial charge in [0.25, 0.3) is 5.89 Å². The van der Waals surface area contributed by atoms with Crippen LogP contribution in [-0.4, -0.2) is 46.8 Å². The Kier molecular flexibility index (Phi) is 4.75. The average Bonchev–Trinajstić information content (AvgIpc) is 3.42. The summed E-state index contributed by atoms with van der Waals surface area (Å²) in [6, 6.07) is 7.19. The smallest absolute Gasteiger partial charge is 0.266 e. The molecule has 0 N–H and O–H groups in total. The van der Waals surface area contributed by atoms with E-state index in [2.05, 4.69) is 19.5 Å². The number of methoxy groups -OCH3 is 2. The van der Waals surface area contributed by atoms with Gasteiger partial charge in [-0.2, -0.15) is 9.36 Å². The van der Waals surface area contributed by atoms with Gasteiger partial charge in [0.05, 0.1) is 13.7 Å². The highest BCUT2D eigenvalue weighted by Crippen LogP contribution is 2.38. The van der Waals surface area contributed by atoms with Crippen LogP contribution in [0, 0.1) is 0 Å². The number of ether oxygens (including phenoxy) is 2. The van der Waals surface area contributed by atoms with Crippen molar-refractivity contribution in [2.45, 2.75) is 18.7 Å². The van der Waals surface area contributed by atoms with Gasteiger partial charge in [0.2, 0.25) is 16.6 Å². The normalized spacial score (nSPS) is 19.6. The molecule has 0 bridgehead atoms. The number of rotatable bonds is 6. The van der Waals surface area contributed by atoms with E-state index >= 15 is 4.39 Å². The van der Waals surface area contributed by atoms with Gasteiger partial charge in [0.15, 0.2) is 5.82 Å². The van der Waals surface area contributed by atoms with E-state index in [0.29, 0.717) is 29.9 Å². The summed E-state index contributed by atoms with van der Waals surface area (Å²) in [6.45, 7) is 0.928. The van der Waals surface area contributed by atoms with Crippen LogP contribution in [0.15, 0.2) is 28.8 Å². The lowest BCUT2D eigenvalue weighted by Crippen LogP contribution is -2.27. The third-order valence-corrected chi connectivity index (χ3v) is 5.19. The van der Waals surface area contributed by atoms with E-state index in [1.807, 2.05) is 4.90 Å². The molecule has 0 amide bonds. The number of nitrogens with zero attached hydrogens (tertiary/aromatic N) is 5. The van der Waals surface area contributed by atoms with Crippen molar-refractivity contribution >= 4 is 16.7 Å². The number of hydrogen-bond donors (Lipinski definition) is 0. The third kappa shape index (κ3) is 3.50. The minimum atomic E-state index is -1.72. The first-order valence-electron chi connectivity index (χ1n) is 8.35. The van der Waals surface area contributed by atoms with Crippen molar-refractivity contribution in [1.29, 1.82) is 0 Å². The van der Waals surface area contributed by atoms with Crippen molar-refractivity contribution < 1.29 is 18.4 Å². The molecule has 0 saturated carbocycles. The molecule has 3 aromatic rings. The van der Waals surface area contributed by atoms with E-state index in [1.54, 1.807) is 38.5 Å². The fourth-order valence-corrected chi connectivity index (χ4v) is 3.63. The Morgan fingerprint density at radius 3 is 2.81 bits per heavy atom. The molecule has 1 atom stereocenters. The van der Waals surface area contributed by atoms with Crippen LogP contribution < -0.4 is 9.64 Å². The molecule has 1 aliphatic heterocycles. The van der Waals surface area contributed by atoms with Gasteiger partial charge in [-0.1, -0.05) is 5.16 Å². The van der Waals surface area contributed by atoms with Gasteiger partial charge in [-0.05, 0) is 24.3 Å². The van der Waals surface area contributed by atoms with Gasteiger partial charge in [-0.3, -0.25) is 0 Å². The number of aromatic nitrogens is 4. The highest BCUT2D eigenvalue weighted by molar-refractivity contribution is 7.09. The Morgan fingerprint density at radius 1 is 1.26 bits per heavy atom. The van der Waals surface area contributed by atoms with E-state index in [9.17, 15) is 0 Å². The zero-order chi connectivity index (χ0) is 18.9. The summed E-state index contributed by atoms with van der Waals surface area (Å²) in [6.07, 6.45) is 0.246. The van der Waals surface area contributed by atoms with Gasteiger partial charge in [0.1, 0.15) is 12.4 Å². The maximum Gasteiger partial charge on any atom is 0.266 e. The number of hydrogen-bond acceptors (Lipinski definition) is 9. The second kappa shape index (κ2) is 7.20. The van der Waals surface area contributed by atoms with Crippen LogP contribution in [0.5, 0.6) is 5.75 Å². The molecule has 1 aliphatic rings. The molecule has 1 fully saturated rings. The Bertz CT molecular complexity index is 915. The van der Waals surface area contributed by atoms with Crippen molar-refractivity contribution in [3.05, 3.63) is 36.0 Å². The van der Waals surface area contributed by atoms with E-state index < -0.39 is 5.67 Å². The van der Waals surface area contributed by atoms with Gasteiger partial charge >= 0.3 is 0 Å². The molecule has 4 rings (SSSR count). The lowest BCUT2D eigenvalue weighted by molar-refractivity contribution is 0.136. The first-order valence-corrected chi connectivity index (χ1v) is 9.12. The maximum absolute atomic E-state index is 15.5. The molecular formula is C17H18FN5O3S. The van der Waals surface area contributed by atoms with Crippen molar-refractivity contribution in [3.63, 3.8) is 0 Å². The molecule has 142 valence electrons. The first kappa shape index (κ1) is 17.8. The van der Waals surface area contributed by atoms with E-state index in [-0.39, 0.29) is 18.9 Å². The van der Waals surface area contributed by atoms with Crippen LogP contribution in [0.25, 0.3) is 11.4 Å². The molecule has 27 heavy (non-hydrogen) atoms. The van der Waals surface area contributed by atoms with Gasteiger partial charge in [-0.15, -0.1) is 0 Å². The highest BCUT2D eigenvalue weighted by Gasteiger charge is 2.46. The molecule has 2 aromatic heterocycles. The molecule has 0 spiro atoms. The van der Waals surface area contributed by atoms with E-state index in [0.717, 1.165) is 11.3 Å². The zero-order valence-corrected chi connectivity index (χ0v) is 15.7. The summed E-state index contributed by atoms with van der Waals surface area (Å²) in [5, 5.41) is 4.59. The molecule has 8 nitrogen and oxygen atoms in total. The summed E-state index contributed by atoms with van der Waals surface area (Å²) in [5.74, 6) is 1.65. The van der Waals surface area contributed by atoms with Crippen LogP contribution >= 0.6 is 11.5 Å². The summed E-state index contributed by atoms with van der Waals surface area (Å²) in [7, 11) is 3.18. The largest absolute Gasteiger partial charge is 0.497 e. The van der Waals surface area contributed by atoms with Crippen molar-refractivity contribution in [3.8, 4) is 17.1 Å². The topological polar surface area (TPSA) is 86.4 Å². The fraction of sp³-hybridized carbons (Fsp3) is 0.412. The van der Waals surface area contributed by atoms with Crippen LogP contribution in [0.2, 0.25) is 0 Å². The average molecular weight is 391 g/mol. The molecule has 1 saturated heterocycles. The SMILES string of the molecule is COCc1nsc(N2CCC(F)(c3nc(-c4ccc(OC)cc4)no3)C2)n1. The second-order valence-electron chi connectivity index (χ2n) is 6.21. The summed E-state index contributed by atoms with van der Waals surface area (Å²) >= 11 is 1.23. The van der Waals surface area contributed by atoms with Crippen molar-refractivity contribution in [2.75, 3.05) is 32.2 Å². The lowest BCUT2D eigenvalue weighted by atomic mass is 10.1. The van der Waals surface area contributed by atoms with Crippen LogP contribution in [-0.2, 0) is 17.0 Å². The van der Waals surface area contributed by atoms with Crippen LogP contribution in [0.1, 0.15) is 18.1 Å². The number of benzene rings is 1. The Morgan fingerprint density at radius 2 is 2.07 bits per heavy atom. The van der Waals surface area contributed by atoms with Gasteiger partial charge in [-0.25, -0.2) is 9.37 Å². The summed E-state index contributed by atoms with van der Waals surface area (Å²) < 4.78 is 35.1. The quantitative estimate of drug-likeness (QED) is 0.634. The summed E-state index contributed by atoms with van der Waals surface area (Å²) in [4.78, 5) is 10.5. The third-order valence-electron chi connectivity index (χ3n) is 4.38. The number of halogens is 1. The van der Waals surface area contributed by atoms with Gasteiger partial charge in [0, 0.05) is 37.2 Å². The predicted molar refractivity (Wildman–Crippen MR) is 96.5 cm³/mol. The maximum atomic E-state index is 15.5. The molecule has 10 heteroatoms. The Labute approximate surface area is 159 Å². The molecule has 1 aromatic carbocycles. The Hall–Kier alpha value is -2.59. The summed E-state index contributed by atoms with van der Waals surface area (Å²) in [5.41, 5.74) is -0.984. The van der Waals surface area contributed by atoms with Crippen LogP contribution in [0.4, 0.5) is 9.52 Å². The number of alkyl halides is 1. The van der Waals surface area contributed by atoms with Crippen LogP contribution in [0.3, 0.4) is 0 Å². The van der Waals surface area contributed by atoms with Crippen molar-refractivity contribution in [1.82, 2.24) is 19.5 Å². The predicted octanol–water partition coefficient (Wildman–Crippen LogP) is 2.82. The molecule has 0 radical (unpaired) electrons. The second-order valence-corrected chi connectivity index (χ2v) is 6.94. The molecule has 0 aliphatic carbocycles. The van der Waals surface area contributed by atoms with E-state index in [1.165, 1.54) is 11.5 Å². The monoisotopic (exact) mass is 391 g/mol. The standard InChI is InChI=1S/C17H18FN5O3S/c1-24-9-13-19-16(27-22-13)23-8-7-17(18,10-23)15-20-14(21-26-15)11-3-5-12(25-2)6-4-11/h3-6H,7-10H2,1-2H3. The minimum absolute atomic E-state index is 0.0163. The minimum Gasteiger partial charge on any atom is -0.497 e. The first-order chi connectivity index (χ1) is 13.1. The van der Waals surface area contributed by atoms with Gasteiger partial charge < -0.3 is 18.9 Å². The molecule has 1 unspecified atom stereocenters. The van der Waals surface area contributed by atoms with E-state index in [4.69, 9.17) is 14.0 Å².